The minimum Gasteiger partial charge on any atom is -0.268 e. The largest absolute Gasteiger partial charge is 0.268 e. The van der Waals surface area contributed by atoms with Gasteiger partial charge in [-0.1, -0.05) is 26.0 Å². The van der Waals surface area contributed by atoms with E-state index in [1.807, 2.05) is 12.1 Å². The van der Waals surface area contributed by atoms with Gasteiger partial charge in [0.15, 0.2) is 0 Å². The van der Waals surface area contributed by atoms with Crippen molar-refractivity contribution in [3.05, 3.63) is 59.3 Å². The lowest BCUT2D eigenvalue weighted by molar-refractivity contribution is 0.0925. The highest BCUT2D eigenvalue weighted by Gasteiger charge is 2.37. The van der Waals surface area contributed by atoms with Crippen LogP contribution in [0, 0.1) is 0 Å². The predicted molar refractivity (Wildman–Crippen MR) is 80.5 cm³/mol. The van der Waals surface area contributed by atoms with E-state index in [4.69, 9.17) is 0 Å². The number of imide groups is 1. The number of fused-ring (bicyclic) bond motifs is 1. The van der Waals surface area contributed by atoms with Gasteiger partial charge in [0.25, 0.3) is 11.8 Å². The first-order valence-corrected chi connectivity index (χ1v) is 7.07. The van der Waals surface area contributed by atoms with E-state index in [2.05, 4.69) is 18.8 Å². The lowest BCUT2D eigenvalue weighted by Gasteiger charge is -2.11. The second-order valence-electron chi connectivity index (χ2n) is 5.25. The van der Waals surface area contributed by atoms with Crippen LogP contribution >= 0.6 is 0 Å². The Morgan fingerprint density at radius 3 is 2.52 bits per heavy atom. The van der Waals surface area contributed by atoms with Gasteiger partial charge in [0, 0.05) is 6.20 Å². The van der Waals surface area contributed by atoms with Crippen LogP contribution in [0.25, 0.3) is 0 Å². The summed E-state index contributed by atoms with van der Waals surface area (Å²) in [6.07, 6.45) is 2.56. The standard InChI is InChI=1S/C17H16N2O2/c1-3-11(2)12-7-8-13-14(10-12)17(21)19(16(13)20)15-6-4-5-9-18-15/h4-11H,3H2,1-2H3. The van der Waals surface area contributed by atoms with Crippen molar-refractivity contribution in [2.45, 2.75) is 26.2 Å². The molecule has 0 spiro atoms. The molecule has 0 fully saturated rings. The summed E-state index contributed by atoms with van der Waals surface area (Å²) >= 11 is 0. The van der Waals surface area contributed by atoms with E-state index in [1.54, 1.807) is 30.5 Å². The molecule has 1 atom stereocenters. The second kappa shape index (κ2) is 5.13. The molecule has 3 rings (SSSR count). The number of amides is 2. The lowest BCUT2D eigenvalue weighted by atomic mass is 9.95. The number of benzene rings is 1. The van der Waals surface area contributed by atoms with Crippen molar-refractivity contribution in [1.29, 1.82) is 0 Å². The van der Waals surface area contributed by atoms with E-state index in [0.29, 0.717) is 22.9 Å². The van der Waals surface area contributed by atoms with Gasteiger partial charge in [-0.15, -0.1) is 0 Å². The highest BCUT2D eigenvalue weighted by atomic mass is 16.2. The summed E-state index contributed by atoms with van der Waals surface area (Å²) in [7, 11) is 0. The molecular weight excluding hydrogens is 264 g/mol. The van der Waals surface area contributed by atoms with Gasteiger partial charge in [0.1, 0.15) is 5.82 Å². The molecule has 0 saturated carbocycles. The summed E-state index contributed by atoms with van der Waals surface area (Å²) in [5, 5.41) is 0. The molecule has 106 valence electrons. The molecule has 1 aromatic heterocycles. The predicted octanol–water partition coefficient (Wildman–Crippen LogP) is 3.40. The molecule has 0 radical (unpaired) electrons. The molecule has 0 aliphatic carbocycles. The zero-order chi connectivity index (χ0) is 15.0. The first kappa shape index (κ1) is 13.5. The highest BCUT2D eigenvalue weighted by molar-refractivity contribution is 6.34. The van der Waals surface area contributed by atoms with Crippen LogP contribution in [-0.2, 0) is 0 Å². The molecular formula is C17H16N2O2. The number of pyridine rings is 1. The average molecular weight is 280 g/mol. The summed E-state index contributed by atoms with van der Waals surface area (Å²) in [6, 6.07) is 10.7. The SMILES string of the molecule is CCC(C)c1ccc2c(c1)C(=O)N(c1ccccn1)C2=O. The van der Waals surface area contributed by atoms with Crippen LogP contribution in [0.4, 0.5) is 5.82 Å². The van der Waals surface area contributed by atoms with Crippen LogP contribution in [-0.4, -0.2) is 16.8 Å². The van der Waals surface area contributed by atoms with Crippen LogP contribution in [0.5, 0.6) is 0 Å². The van der Waals surface area contributed by atoms with Crippen molar-refractivity contribution in [1.82, 2.24) is 4.98 Å². The maximum absolute atomic E-state index is 12.5. The Kier molecular flexibility index (Phi) is 3.29. The summed E-state index contributed by atoms with van der Waals surface area (Å²) in [5.41, 5.74) is 2.02. The topological polar surface area (TPSA) is 50.3 Å². The van der Waals surface area contributed by atoms with Crippen molar-refractivity contribution in [2.24, 2.45) is 0 Å². The van der Waals surface area contributed by atoms with Gasteiger partial charge in [-0.2, -0.15) is 0 Å². The van der Waals surface area contributed by atoms with Crippen LogP contribution in [0.2, 0.25) is 0 Å². The number of carbonyl (C=O) groups excluding carboxylic acids is 2. The fourth-order valence-corrected chi connectivity index (χ4v) is 2.49. The molecule has 2 aromatic rings. The fraction of sp³-hybridized carbons (Fsp3) is 0.235. The Balaban J connectivity index is 2.05. The molecule has 2 amide bonds. The van der Waals surface area contributed by atoms with E-state index in [9.17, 15) is 9.59 Å². The first-order chi connectivity index (χ1) is 10.1. The monoisotopic (exact) mass is 280 g/mol. The van der Waals surface area contributed by atoms with E-state index in [-0.39, 0.29) is 11.8 Å². The third-order valence-corrected chi connectivity index (χ3v) is 3.97. The Morgan fingerprint density at radius 1 is 1.10 bits per heavy atom. The van der Waals surface area contributed by atoms with Gasteiger partial charge < -0.3 is 0 Å². The van der Waals surface area contributed by atoms with Crippen molar-refractivity contribution in [3.8, 4) is 0 Å². The van der Waals surface area contributed by atoms with Gasteiger partial charge in [0.2, 0.25) is 0 Å². The third kappa shape index (κ3) is 2.13. The molecule has 21 heavy (non-hydrogen) atoms. The third-order valence-electron chi connectivity index (χ3n) is 3.97. The average Bonchev–Trinajstić information content (AvgIpc) is 2.78. The van der Waals surface area contributed by atoms with Crippen LogP contribution < -0.4 is 4.90 Å². The molecule has 4 nitrogen and oxygen atoms in total. The minimum atomic E-state index is -0.301. The maximum Gasteiger partial charge on any atom is 0.267 e. The van der Waals surface area contributed by atoms with Crippen LogP contribution in [0.1, 0.15) is 52.5 Å². The van der Waals surface area contributed by atoms with Crippen molar-refractivity contribution < 1.29 is 9.59 Å². The van der Waals surface area contributed by atoms with E-state index in [1.165, 1.54) is 0 Å². The van der Waals surface area contributed by atoms with Crippen LogP contribution in [0.15, 0.2) is 42.6 Å². The number of hydrogen-bond donors (Lipinski definition) is 0. The Hall–Kier alpha value is -2.49. The molecule has 1 unspecified atom stereocenters. The van der Waals surface area contributed by atoms with Crippen molar-refractivity contribution in [3.63, 3.8) is 0 Å². The molecule has 0 bridgehead atoms. The Morgan fingerprint density at radius 2 is 1.86 bits per heavy atom. The number of rotatable bonds is 3. The molecule has 2 heterocycles. The quantitative estimate of drug-likeness (QED) is 0.810. The molecule has 4 heteroatoms. The molecule has 1 aliphatic rings. The van der Waals surface area contributed by atoms with E-state index < -0.39 is 0 Å². The molecule has 0 N–H and O–H groups in total. The normalized spacial score (nSPS) is 15.2. The Bertz CT molecular complexity index is 710. The maximum atomic E-state index is 12.5. The molecule has 1 aliphatic heterocycles. The smallest absolute Gasteiger partial charge is 0.267 e. The van der Waals surface area contributed by atoms with Crippen LogP contribution in [0.3, 0.4) is 0 Å². The van der Waals surface area contributed by atoms with Crippen molar-refractivity contribution in [2.75, 3.05) is 4.90 Å². The van der Waals surface area contributed by atoms with E-state index in [0.717, 1.165) is 16.9 Å². The van der Waals surface area contributed by atoms with E-state index >= 15 is 0 Å². The van der Waals surface area contributed by atoms with Gasteiger partial charge in [0.05, 0.1) is 11.1 Å². The van der Waals surface area contributed by atoms with Gasteiger partial charge in [-0.05, 0) is 42.2 Å². The number of carbonyl (C=O) groups is 2. The molecule has 0 saturated heterocycles. The van der Waals surface area contributed by atoms with Gasteiger partial charge >= 0.3 is 0 Å². The minimum absolute atomic E-state index is 0.293. The fourth-order valence-electron chi connectivity index (χ4n) is 2.49. The zero-order valence-corrected chi connectivity index (χ0v) is 12.0. The first-order valence-electron chi connectivity index (χ1n) is 7.07. The number of anilines is 1. The van der Waals surface area contributed by atoms with Gasteiger partial charge in [-0.25, -0.2) is 9.88 Å². The lowest BCUT2D eigenvalue weighted by Crippen LogP contribution is -2.30. The number of hydrogen-bond acceptors (Lipinski definition) is 3. The molecule has 1 aromatic carbocycles. The summed E-state index contributed by atoms with van der Waals surface area (Å²) in [5.74, 6) is 0.138. The summed E-state index contributed by atoms with van der Waals surface area (Å²) < 4.78 is 0. The summed E-state index contributed by atoms with van der Waals surface area (Å²) in [6.45, 7) is 4.21. The second-order valence-corrected chi connectivity index (χ2v) is 5.25. The van der Waals surface area contributed by atoms with Crippen molar-refractivity contribution >= 4 is 17.6 Å². The Labute approximate surface area is 123 Å². The number of nitrogens with zero attached hydrogens (tertiary/aromatic N) is 2. The summed E-state index contributed by atoms with van der Waals surface area (Å²) in [4.78, 5) is 30.2. The number of aromatic nitrogens is 1. The highest BCUT2D eigenvalue weighted by Crippen LogP contribution is 2.30. The zero-order valence-electron chi connectivity index (χ0n) is 12.0. The van der Waals surface area contributed by atoms with Gasteiger partial charge in [-0.3, -0.25) is 9.59 Å².